The van der Waals surface area contributed by atoms with E-state index in [4.69, 9.17) is 4.42 Å². The smallest absolute Gasteiger partial charge is 0.311 e. The molecule has 1 amide bonds. The minimum atomic E-state index is -3.68. The van der Waals surface area contributed by atoms with E-state index in [9.17, 15) is 18.0 Å². The van der Waals surface area contributed by atoms with Crippen LogP contribution in [-0.2, 0) is 10.0 Å². The van der Waals surface area contributed by atoms with Gasteiger partial charge in [-0.15, -0.1) is 10.2 Å². The van der Waals surface area contributed by atoms with Gasteiger partial charge in [-0.25, -0.2) is 8.42 Å². The average molecular weight is 378 g/mol. The summed E-state index contributed by atoms with van der Waals surface area (Å²) in [5.41, 5.74) is 0.453. The minimum Gasteiger partial charge on any atom is -0.417 e. The normalized spacial score (nSPS) is 15.8. The summed E-state index contributed by atoms with van der Waals surface area (Å²) in [5, 5.41) is 7.31. The van der Waals surface area contributed by atoms with Crippen LogP contribution in [0.1, 0.15) is 33.9 Å². The lowest BCUT2D eigenvalue weighted by molar-refractivity contribution is 0.0656. The quantitative estimate of drug-likeness (QED) is 0.721. The highest BCUT2D eigenvalue weighted by Gasteiger charge is 2.31. The van der Waals surface area contributed by atoms with Crippen molar-refractivity contribution in [2.75, 3.05) is 26.2 Å². The Morgan fingerprint density at radius 2 is 1.65 bits per heavy atom. The number of benzene rings is 1. The number of aromatic nitrogens is 2. The molecule has 10 heteroatoms. The molecule has 2 heterocycles. The highest BCUT2D eigenvalue weighted by atomic mass is 32.2. The van der Waals surface area contributed by atoms with Crippen LogP contribution in [-0.4, -0.2) is 65.7 Å². The molecule has 1 aromatic carbocycles. The molecule has 3 rings (SSSR count). The van der Waals surface area contributed by atoms with Crippen molar-refractivity contribution in [1.82, 2.24) is 19.4 Å². The van der Waals surface area contributed by atoms with Gasteiger partial charge in [0, 0.05) is 38.7 Å². The standard InChI is InChI=1S/C16H18N4O5S/c1-11(21)13-3-5-14(6-4-13)26(23,24)20-9-7-19(8-10-20)16(22)15-18-17-12(2)25-15/h3-6H,7-10H2,1-2H3. The Morgan fingerprint density at radius 3 is 2.15 bits per heavy atom. The highest BCUT2D eigenvalue weighted by molar-refractivity contribution is 7.89. The van der Waals surface area contributed by atoms with E-state index in [1.165, 1.54) is 40.4 Å². The molecule has 9 nitrogen and oxygen atoms in total. The number of carbonyl (C=O) groups excluding carboxylic acids is 2. The van der Waals surface area contributed by atoms with E-state index in [0.717, 1.165) is 0 Å². The number of rotatable bonds is 4. The molecule has 0 saturated carbocycles. The number of piperazine rings is 1. The summed E-state index contributed by atoms with van der Waals surface area (Å²) in [7, 11) is -3.68. The van der Waals surface area contributed by atoms with Crippen molar-refractivity contribution in [3.8, 4) is 0 Å². The third-order valence-corrected chi connectivity index (χ3v) is 6.05. The lowest BCUT2D eigenvalue weighted by Crippen LogP contribution is -2.50. The summed E-state index contributed by atoms with van der Waals surface area (Å²) in [6.45, 7) is 3.79. The molecule has 1 fully saturated rings. The molecule has 1 saturated heterocycles. The molecule has 0 aliphatic carbocycles. The van der Waals surface area contributed by atoms with Crippen molar-refractivity contribution in [2.24, 2.45) is 0 Å². The van der Waals surface area contributed by atoms with Crippen molar-refractivity contribution >= 4 is 21.7 Å². The fraction of sp³-hybridized carbons (Fsp3) is 0.375. The van der Waals surface area contributed by atoms with Gasteiger partial charge in [0.1, 0.15) is 0 Å². The Kier molecular flexibility index (Phi) is 4.88. The molecule has 0 spiro atoms. The number of amides is 1. The minimum absolute atomic E-state index is 0.0985. The average Bonchev–Trinajstić information content (AvgIpc) is 3.07. The van der Waals surface area contributed by atoms with Gasteiger partial charge < -0.3 is 9.32 Å². The fourth-order valence-corrected chi connectivity index (χ4v) is 4.08. The molecule has 0 unspecified atom stereocenters. The maximum atomic E-state index is 12.7. The zero-order valence-corrected chi connectivity index (χ0v) is 15.2. The molecular formula is C16H18N4O5S. The van der Waals surface area contributed by atoms with Crippen molar-refractivity contribution < 1.29 is 22.4 Å². The SMILES string of the molecule is CC(=O)c1ccc(S(=O)(=O)N2CCN(C(=O)c3nnc(C)o3)CC2)cc1. The third kappa shape index (κ3) is 3.51. The Morgan fingerprint density at radius 1 is 1.04 bits per heavy atom. The topological polar surface area (TPSA) is 114 Å². The number of Topliss-reactive ketones (excluding diaryl/α,β-unsaturated/α-hetero) is 1. The summed E-state index contributed by atoms with van der Waals surface area (Å²) >= 11 is 0. The van der Waals surface area contributed by atoms with Gasteiger partial charge in [-0.3, -0.25) is 9.59 Å². The van der Waals surface area contributed by atoms with Gasteiger partial charge in [0.2, 0.25) is 15.9 Å². The fourth-order valence-electron chi connectivity index (χ4n) is 2.66. The molecule has 138 valence electrons. The van der Waals surface area contributed by atoms with Gasteiger partial charge in [0.05, 0.1) is 4.90 Å². The van der Waals surface area contributed by atoms with Crippen molar-refractivity contribution in [1.29, 1.82) is 0 Å². The molecule has 0 radical (unpaired) electrons. The second-order valence-corrected chi connectivity index (χ2v) is 7.84. The Hall–Kier alpha value is -2.59. The van der Waals surface area contributed by atoms with E-state index >= 15 is 0 Å². The van der Waals surface area contributed by atoms with Crippen LogP contribution in [0.25, 0.3) is 0 Å². The molecule has 2 aromatic rings. The number of aryl methyl sites for hydroxylation is 1. The van der Waals surface area contributed by atoms with E-state index in [1.807, 2.05) is 0 Å². The van der Waals surface area contributed by atoms with Crippen molar-refractivity contribution in [3.63, 3.8) is 0 Å². The van der Waals surface area contributed by atoms with E-state index < -0.39 is 15.9 Å². The molecule has 26 heavy (non-hydrogen) atoms. The predicted octanol–water partition coefficient (Wildman–Crippen LogP) is 0.727. The molecule has 1 aliphatic heterocycles. The van der Waals surface area contributed by atoms with Crippen LogP contribution >= 0.6 is 0 Å². The Labute approximate surface area is 150 Å². The summed E-state index contributed by atoms with van der Waals surface area (Å²) in [6, 6.07) is 5.83. The van der Waals surface area contributed by atoms with Crippen LogP contribution in [0.2, 0.25) is 0 Å². The van der Waals surface area contributed by atoms with Crippen LogP contribution < -0.4 is 0 Å². The second-order valence-electron chi connectivity index (χ2n) is 5.90. The van der Waals surface area contributed by atoms with Gasteiger partial charge in [-0.05, 0) is 19.1 Å². The van der Waals surface area contributed by atoms with Crippen LogP contribution in [0.3, 0.4) is 0 Å². The largest absolute Gasteiger partial charge is 0.417 e. The highest BCUT2D eigenvalue weighted by Crippen LogP contribution is 2.19. The summed E-state index contributed by atoms with van der Waals surface area (Å²) in [5.74, 6) is -0.340. The maximum Gasteiger partial charge on any atom is 0.311 e. The number of nitrogens with zero attached hydrogens (tertiary/aromatic N) is 4. The summed E-state index contributed by atoms with van der Waals surface area (Å²) in [6.07, 6.45) is 0. The van der Waals surface area contributed by atoms with E-state index in [-0.39, 0.29) is 42.7 Å². The van der Waals surface area contributed by atoms with E-state index in [0.29, 0.717) is 11.5 Å². The van der Waals surface area contributed by atoms with Gasteiger partial charge in [-0.2, -0.15) is 4.31 Å². The first-order chi connectivity index (χ1) is 12.3. The Bertz CT molecular complexity index is 928. The van der Waals surface area contributed by atoms with Crippen LogP contribution in [0.5, 0.6) is 0 Å². The Balaban J connectivity index is 1.68. The zero-order chi connectivity index (χ0) is 18.9. The predicted molar refractivity (Wildman–Crippen MR) is 90.1 cm³/mol. The number of sulfonamides is 1. The number of carbonyl (C=O) groups is 2. The third-order valence-electron chi connectivity index (χ3n) is 4.13. The summed E-state index contributed by atoms with van der Waals surface area (Å²) < 4.78 is 31.9. The second kappa shape index (κ2) is 6.96. The van der Waals surface area contributed by atoms with E-state index in [2.05, 4.69) is 10.2 Å². The molecule has 0 bridgehead atoms. The molecule has 0 atom stereocenters. The molecule has 1 aliphatic rings. The lowest BCUT2D eigenvalue weighted by atomic mass is 10.2. The van der Waals surface area contributed by atoms with Gasteiger partial charge in [0.25, 0.3) is 0 Å². The number of hydrogen-bond acceptors (Lipinski definition) is 7. The van der Waals surface area contributed by atoms with Crippen molar-refractivity contribution in [2.45, 2.75) is 18.7 Å². The van der Waals surface area contributed by atoms with Gasteiger partial charge in [-0.1, -0.05) is 12.1 Å². The van der Waals surface area contributed by atoms with E-state index in [1.54, 1.807) is 6.92 Å². The van der Waals surface area contributed by atoms with Crippen LogP contribution in [0, 0.1) is 6.92 Å². The number of ketones is 1. The van der Waals surface area contributed by atoms with Crippen molar-refractivity contribution in [3.05, 3.63) is 41.6 Å². The molecule has 0 N–H and O–H groups in total. The first-order valence-corrected chi connectivity index (χ1v) is 9.43. The maximum absolute atomic E-state index is 12.7. The first kappa shape index (κ1) is 18.2. The van der Waals surface area contributed by atoms with Gasteiger partial charge in [0.15, 0.2) is 5.78 Å². The number of hydrogen-bond donors (Lipinski definition) is 0. The molecule has 1 aromatic heterocycles. The van der Waals surface area contributed by atoms with Crippen LogP contribution in [0.15, 0.2) is 33.6 Å². The lowest BCUT2D eigenvalue weighted by Gasteiger charge is -2.33. The first-order valence-electron chi connectivity index (χ1n) is 7.99. The van der Waals surface area contributed by atoms with Crippen LogP contribution in [0.4, 0.5) is 0 Å². The molecular weight excluding hydrogens is 360 g/mol. The monoisotopic (exact) mass is 378 g/mol. The van der Waals surface area contributed by atoms with Gasteiger partial charge >= 0.3 is 11.8 Å². The summed E-state index contributed by atoms with van der Waals surface area (Å²) in [4.78, 5) is 25.2. The zero-order valence-electron chi connectivity index (χ0n) is 14.4.